The molecule has 1 aromatic rings. The van der Waals surface area contributed by atoms with Crippen molar-refractivity contribution in [1.29, 1.82) is 0 Å². The van der Waals surface area contributed by atoms with Crippen molar-refractivity contribution in [1.82, 2.24) is 4.90 Å². The van der Waals surface area contributed by atoms with Crippen LogP contribution in [0.5, 0.6) is 0 Å². The van der Waals surface area contributed by atoms with Crippen LogP contribution in [-0.4, -0.2) is 48.9 Å². The zero-order chi connectivity index (χ0) is 18.4. The predicted molar refractivity (Wildman–Crippen MR) is 95.4 cm³/mol. The molecule has 1 heterocycles. The molecule has 0 spiro atoms. The molecule has 1 aliphatic rings. The highest BCUT2D eigenvalue weighted by Gasteiger charge is 2.38. The maximum absolute atomic E-state index is 12.4. The lowest BCUT2D eigenvalue weighted by Crippen LogP contribution is -2.31. The molecule has 1 aromatic carbocycles. The smallest absolute Gasteiger partial charge is 0.340 e. The molecule has 0 aromatic heterocycles. The van der Waals surface area contributed by atoms with Crippen LogP contribution in [0, 0.1) is 5.92 Å². The molecule has 2 rings (SSSR count). The highest BCUT2D eigenvalue weighted by Crippen LogP contribution is 2.29. The van der Waals surface area contributed by atoms with Crippen LogP contribution in [-0.2, 0) is 14.3 Å². The summed E-state index contributed by atoms with van der Waals surface area (Å²) in [7, 11) is 0. The van der Waals surface area contributed by atoms with Gasteiger partial charge >= 0.3 is 5.97 Å². The lowest BCUT2D eigenvalue weighted by molar-refractivity contribution is -0.122. The van der Waals surface area contributed by atoms with Crippen molar-refractivity contribution >= 4 is 23.5 Å². The molecule has 1 saturated heterocycles. The number of carbonyl (C=O) groups excluding carboxylic acids is 3. The summed E-state index contributed by atoms with van der Waals surface area (Å²) in [6.45, 7) is 9.00. The zero-order valence-corrected chi connectivity index (χ0v) is 15.2. The van der Waals surface area contributed by atoms with Crippen LogP contribution in [0.1, 0.15) is 44.0 Å². The Bertz CT molecular complexity index is 640. The number of para-hydroxylation sites is 1. The number of hydrogen-bond donors (Lipinski definition) is 0. The fourth-order valence-electron chi connectivity index (χ4n) is 2.95. The van der Waals surface area contributed by atoms with Crippen LogP contribution in [0.4, 0.5) is 5.69 Å². The first-order chi connectivity index (χ1) is 12.0. The quantitative estimate of drug-likeness (QED) is 0.411. The fourth-order valence-corrected chi connectivity index (χ4v) is 2.95. The van der Waals surface area contributed by atoms with Crippen LogP contribution in [0.25, 0.3) is 0 Å². The molecule has 0 saturated carbocycles. The number of rotatable bonds is 8. The summed E-state index contributed by atoms with van der Waals surface area (Å²) >= 11 is 0. The van der Waals surface area contributed by atoms with Gasteiger partial charge < -0.3 is 9.64 Å². The second-order valence-electron chi connectivity index (χ2n) is 6.21. The SMILES string of the molecule is CCN(CC)CCCOC(=O)c1ccccc1N1C(=O)CC(C)C1=O. The number of imide groups is 1. The summed E-state index contributed by atoms with van der Waals surface area (Å²) in [6, 6.07) is 6.60. The van der Waals surface area contributed by atoms with Crippen molar-refractivity contribution in [3.05, 3.63) is 29.8 Å². The number of nitrogens with zero attached hydrogens (tertiary/aromatic N) is 2. The van der Waals surface area contributed by atoms with E-state index >= 15 is 0 Å². The zero-order valence-electron chi connectivity index (χ0n) is 15.2. The highest BCUT2D eigenvalue weighted by atomic mass is 16.5. The Balaban J connectivity index is 2.04. The molecule has 6 heteroatoms. The van der Waals surface area contributed by atoms with Crippen LogP contribution in [0.2, 0.25) is 0 Å². The van der Waals surface area contributed by atoms with Crippen LogP contribution >= 0.6 is 0 Å². The molecular formula is C19H26N2O4. The van der Waals surface area contributed by atoms with E-state index < -0.39 is 5.97 Å². The van der Waals surface area contributed by atoms with Gasteiger partial charge in [0.05, 0.1) is 17.9 Å². The van der Waals surface area contributed by atoms with Crippen molar-refractivity contribution in [2.75, 3.05) is 31.1 Å². The second-order valence-corrected chi connectivity index (χ2v) is 6.21. The van der Waals surface area contributed by atoms with Gasteiger partial charge in [0, 0.05) is 18.9 Å². The van der Waals surface area contributed by atoms with Gasteiger partial charge in [-0.25, -0.2) is 9.69 Å². The van der Waals surface area contributed by atoms with Crippen molar-refractivity contribution in [2.24, 2.45) is 5.92 Å². The van der Waals surface area contributed by atoms with Crippen molar-refractivity contribution in [3.63, 3.8) is 0 Å². The average Bonchev–Trinajstić information content (AvgIpc) is 2.87. The Morgan fingerprint density at radius 1 is 1.24 bits per heavy atom. The molecule has 0 aliphatic carbocycles. The number of anilines is 1. The first kappa shape index (κ1) is 19.1. The van der Waals surface area contributed by atoms with Gasteiger partial charge in [-0.2, -0.15) is 0 Å². The Morgan fingerprint density at radius 2 is 1.92 bits per heavy atom. The Kier molecular flexibility index (Phi) is 6.70. The molecular weight excluding hydrogens is 320 g/mol. The van der Waals surface area contributed by atoms with Crippen molar-refractivity contribution < 1.29 is 19.1 Å². The molecule has 0 bridgehead atoms. The minimum absolute atomic E-state index is 0.173. The maximum Gasteiger partial charge on any atom is 0.340 e. The maximum atomic E-state index is 12.4. The predicted octanol–water partition coefficient (Wildman–Crippen LogP) is 2.47. The van der Waals surface area contributed by atoms with Crippen LogP contribution in [0.3, 0.4) is 0 Å². The molecule has 1 unspecified atom stereocenters. The fraction of sp³-hybridized carbons (Fsp3) is 0.526. The number of carbonyl (C=O) groups is 3. The van der Waals surface area contributed by atoms with Gasteiger partial charge in [-0.1, -0.05) is 32.9 Å². The number of hydrogen-bond acceptors (Lipinski definition) is 5. The van der Waals surface area contributed by atoms with Crippen LogP contribution < -0.4 is 4.90 Å². The van der Waals surface area contributed by atoms with Crippen LogP contribution in [0.15, 0.2) is 24.3 Å². The summed E-state index contributed by atoms with van der Waals surface area (Å²) in [4.78, 5) is 40.1. The number of esters is 1. The molecule has 136 valence electrons. The van der Waals surface area contributed by atoms with E-state index in [0.717, 1.165) is 31.0 Å². The summed E-state index contributed by atoms with van der Waals surface area (Å²) in [5, 5.41) is 0. The molecule has 1 aliphatic heterocycles. The van der Waals surface area contributed by atoms with Gasteiger partial charge in [0.25, 0.3) is 0 Å². The topological polar surface area (TPSA) is 66.9 Å². The Morgan fingerprint density at radius 3 is 2.52 bits per heavy atom. The minimum atomic E-state index is -0.504. The lowest BCUT2D eigenvalue weighted by Gasteiger charge is -2.19. The summed E-state index contributed by atoms with van der Waals surface area (Å²) < 4.78 is 5.35. The van der Waals surface area contributed by atoms with E-state index in [1.54, 1.807) is 31.2 Å². The lowest BCUT2D eigenvalue weighted by atomic mass is 10.1. The third-order valence-corrected chi connectivity index (χ3v) is 4.48. The first-order valence-electron chi connectivity index (χ1n) is 8.84. The van der Waals surface area contributed by atoms with Crippen molar-refractivity contribution in [3.8, 4) is 0 Å². The molecule has 1 fully saturated rings. The van der Waals surface area contributed by atoms with E-state index in [4.69, 9.17) is 4.74 Å². The normalized spacial score (nSPS) is 17.4. The molecule has 0 N–H and O–H groups in total. The Labute approximate surface area is 148 Å². The van der Waals surface area contributed by atoms with E-state index in [-0.39, 0.29) is 29.7 Å². The number of ether oxygens (including phenoxy) is 1. The minimum Gasteiger partial charge on any atom is -0.462 e. The summed E-state index contributed by atoms with van der Waals surface area (Å²) in [6.07, 6.45) is 0.917. The second kappa shape index (κ2) is 8.76. The van der Waals surface area contributed by atoms with Gasteiger partial charge in [0.1, 0.15) is 0 Å². The summed E-state index contributed by atoms with van der Waals surface area (Å²) in [5.41, 5.74) is 0.566. The Hall–Kier alpha value is -2.21. The van der Waals surface area contributed by atoms with Crippen molar-refractivity contribution in [2.45, 2.75) is 33.6 Å². The van der Waals surface area contributed by atoms with E-state index in [2.05, 4.69) is 18.7 Å². The van der Waals surface area contributed by atoms with Gasteiger partial charge in [-0.3, -0.25) is 9.59 Å². The van der Waals surface area contributed by atoms with Gasteiger partial charge in [-0.15, -0.1) is 0 Å². The number of amides is 2. The molecule has 1 atom stereocenters. The number of benzene rings is 1. The van der Waals surface area contributed by atoms with Gasteiger partial charge in [0.15, 0.2) is 0 Å². The molecule has 2 amide bonds. The monoisotopic (exact) mass is 346 g/mol. The van der Waals surface area contributed by atoms with Gasteiger partial charge in [-0.05, 0) is 31.6 Å². The van der Waals surface area contributed by atoms with E-state index in [1.807, 2.05) is 0 Å². The first-order valence-corrected chi connectivity index (χ1v) is 8.84. The van der Waals surface area contributed by atoms with E-state index in [1.165, 1.54) is 0 Å². The third kappa shape index (κ3) is 4.45. The average molecular weight is 346 g/mol. The summed E-state index contributed by atoms with van der Waals surface area (Å²) in [5.74, 6) is -1.41. The van der Waals surface area contributed by atoms with E-state index in [9.17, 15) is 14.4 Å². The largest absolute Gasteiger partial charge is 0.462 e. The molecule has 25 heavy (non-hydrogen) atoms. The standard InChI is InChI=1S/C19H26N2O4/c1-4-20(5-2)11-8-12-25-19(24)15-9-6-7-10-16(15)21-17(22)13-14(3)18(21)23/h6-7,9-10,14H,4-5,8,11-13H2,1-3H3. The van der Waals surface area contributed by atoms with Gasteiger partial charge in [0.2, 0.25) is 11.8 Å². The third-order valence-electron chi connectivity index (χ3n) is 4.48. The molecule has 0 radical (unpaired) electrons. The highest BCUT2D eigenvalue weighted by molar-refractivity contribution is 6.22. The van der Waals surface area contributed by atoms with E-state index in [0.29, 0.717) is 12.3 Å². The molecule has 6 nitrogen and oxygen atoms in total.